The Hall–Kier alpha value is -2.20. The van der Waals surface area contributed by atoms with Gasteiger partial charge in [0.1, 0.15) is 11.6 Å². The number of pyridine rings is 1. The molecule has 1 saturated carbocycles. The van der Waals surface area contributed by atoms with Gasteiger partial charge in [0, 0.05) is 6.20 Å². The maximum atomic E-state index is 11.1. The number of nitriles is 1. The summed E-state index contributed by atoms with van der Waals surface area (Å²) in [6.07, 6.45) is 5.84. The number of anilines is 1. The quantitative estimate of drug-likeness (QED) is 0.642. The molecule has 1 aromatic heterocycles. The van der Waals surface area contributed by atoms with E-state index in [9.17, 15) is 15.2 Å². The van der Waals surface area contributed by atoms with Crippen LogP contribution in [-0.4, -0.2) is 27.2 Å². The fraction of sp³-hybridized carbons (Fsp3) is 0.538. The van der Waals surface area contributed by atoms with Crippen LogP contribution in [0.1, 0.15) is 37.7 Å². The molecule has 7 heteroatoms. The summed E-state index contributed by atoms with van der Waals surface area (Å²) in [6, 6.07) is 3.12. The minimum absolute atomic E-state index is 0.0311. The summed E-state index contributed by atoms with van der Waals surface area (Å²) in [6.45, 7) is -0.109. The van der Waals surface area contributed by atoms with Gasteiger partial charge in [-0.3, -0.25) is 10.1 Å². The van der Waals surface area contributed by atoms with Crippen molar-refractivity contribution in [3.63, 3.8) is 0 Å². The Morgan fingerprint density at radius 2 is 2.20 bits per heavy atom. The molecule has 2 rings (SSSR count). The van der Waals surface area contributed by atoms with Gasteiger partial charge in [-0.05, 0) is 18.9 Å². The topological polar surface area (TPSA) is 112 Å². The highest BCUT2D eigenvalue weighted by molar-refractivity contribution is 5.65. The molecule has 20 heavy (non-hydrogen) atoms. The Kier molecular flexibility index (Phi) is 4.15. The van der Waals surface area contributed by atoms with E-state index in [1.54, 1.807) is 6.07 Å². The lowest BCUT2D eigenvalue weighted by atomic mass is 9.82. The van der Waals surface area contributed by atoms with E-state index in [1.807, 2.05) is 0 Å². The molecule has 1 heterocycles. The van der Waals surface area contributed by atoms with Crippen LogP contribution >= 0.6 is 0 Å². The van der Waals surface area contributed by atoms with Crippen molar-refractivity contribution in [1.82, 2.24) is 4.98 Å². The van der Waals surface area contributed by atoms with Crippen molar-refractivity contribution in [2.45, 2.75) is 37.6 Å². The molecule has 1 aliphatic rings. The molecule has 0 aromatic carbocycles. The number of nitrogens with zero attached hydrogens (tertiary/aromatic N) is 3. The second kappa shape index (κ2) is 5.84. The number of aliphatic hydroxyl groups is 1. The summed E-state index contributed by atoms with van der Waals surface area (Å²) in [5, 5.41) is 32.8. The third-order valence-corrected chi connectivity index (χ3v) is 3.72. The van der Waals surface area contributed by atoms with Crippen LogP contribution in [0.4, 0.5) is 11.5 Å². The number of rotatable bonds is 4. The average Bonchev–Trinajstić information content (AvgIpc) is 2.47. The van der Waals surface area contributed by atoms with Gasteiger partial charge in [0.2, 0.25) is 5.82 Å². The Bertz CT molecular complexity index is 547. The van der Waals surface area contributed by atoms with E-state index in [1.165, 1.54) is 12.3 Å². The van der Waals surface area contributed by atoms with Crippen molar-refractivity contribution in [1.29, 1.82) is 5.26 Å². The summed E-state index contributed by atoms with van der Waals surface area (Å²) >= 11 is 0. The number of aromatic nitrogens is 1. The molecule has 2 N–H and O–H groups in total. The maximum absolute atomic E-state index is 11.1. The minimum Gasteiger partial charge on any atom is -0.394 e. The smallest absolute Gasteiger partial charge is 0.328 e. The van der Waals surface area contributed by atoms with Gasteiger partial charge in [-0.1, -0.05) is 19.3 Å². The summed E-state index contributed by atoms with van der Waals surface area (Å²) in [5.74, 6) is 0.0602. The second-order valence-corrected chi connectivity index (χ2v) is 5.05. The first-order valence-corrected chi connectivity index (χ1v) is 6.54. The lowest BCUT2D eigenvalue weighted by molar-refractivity contribution is -0.384. The third kappa shape index (κ3) is 2.70. The van der Waals surface area contributed by atoms with Gasteiger partial charge in [-0.2, -0.15) is 5.26 Å². The van der Waals surface area contributed by atoms with Crippen LogP contribution in [0.2, 0.25) is 0 Å². The van der Waals surface area contributed by atoms with Crippen LogP contribution < -0.4 is 5.32 Å². The average molecular weight is 276 g/mol. The van der Waals surface area contributed by atoms with Crippen molar-refractivity contribution >= 4 is 11.5 Å². The molecule has 0 bridgehead atoms. The third-order valence-electron chi connectivity index (χ3n) is 3.72. The van der Waals surface area contributed by atoms with Gasteiger partial charge in [0.05, 0.1) is 17.1 Å². The molecule has 0 saturated heterocycles. The van der Waals surface area contributed by atoms with Crippen LogP contribution in [0, 0.1) is 21.4 Å². The zero-order chi connectivity index (χ0) is 14.6. The predicted octanol–water partition coefficient (Wildman–Crippen LogP) is 1.97. The lowest BCUT2D eigenvalue weighted by Gasteiger charge is -2.36. The van der Waals surface area contributed by atoms with Crippen LogP contribution in [-0.2, 0) is 0 Å². The molecule has 106 valence electrons. The van der Waals surface area contributed by atoms with Crippen molar-refractivity contribution in [3.8, 4) is 6.07 Å². The van der Waals surface area contributed by atoms with E-state index >= 15 is 0 Å². The lowest BCUT2D eigenvalue weighted by Crippen LogP contribution is -2.44. The second-order valence-electron chi connectivity index (χ2n) is 5.05. The molecule has 1 aliphatic carbocycles. The molecular weight excluding hydrogens is 260 g/mol. The summed E-state index contributed by atoms with van der Waals surface area (Å²) < 4.78 is 0. The van der Waals surface area contributed by atoms with E-state index < -0.39 is 10.5 Å². The Labute approximate surface area is 116 Å². The number of hydrogen-bond acceptors (Lipinski definition) is 6. The Morgan fingerprint density at radius 3 is 2.75 bits per heavy atom. The van der Waals surface area contributed by atoms with Crippen LogP contribution in [0.15, 0.2) is 12.3 Å². The van der Waals surface area contributed by atoms with Crippen molar-refractivity contribution < 1.29 is 10.0 Å². The molecule has 0 aliphatic heterocycles. The van der Waals surface area contributed by atoms with E-state index in [-0.39, 0.29) is 23.7 Å². The fourth-order valence-electron chi connectivity index (χ4n) is 2.62. The normalized spacial score (nSPS) is 17.2. The van der Waals surface area contributed by atoms with Crippen molar-refractivity contribution in [2.75, 3.05) is 11.9 Å². The summed E-state index contributed by atoms with van der Waals surface area (Å²) in [7, 11) is 0. The number of nitro groups is 1. The summed E-state index contributed by atoms with van der Waals surface area (Å²) in [5.41, 5.74) is -0.936. The van der Waals surface area contributed by atoms with Gasteiger partial charge < -0.3 is 10.4 Å². The van der Waals surface area contributed by atoms with Gasteiger partial charge in [0.15, 0.2) is 0 Å². The number of nitrogens with one attached hydrogen (secondary N) is 1. The summed E-state index contributed by atoms with van der Waals surface area (Å²) in [4.78, 5) is 14.5. The van der Waals surface area contributed by atoms with Gasteiger partial charge >= 0.3 is 5.69 Å². The molecule has 1 aromatic rings. The minimum atomic E-state index is -0.609. The first kappa shape index (κ1) is 14.2. The van der Waals surface area contributed by atoms with E-state index in [0.29, 0.717) is 0 Å². The zero-order valence-electron chi connectivity index (χ0n) is 11.0. The maximum Gasteiger partial charge on any atom is 0.328 e. The standard InChI is InChI=1S/C13H16N4O3/c14-8-10-4-7-15-12(11(10)17(19)20)16-13(9-18)5-2-1-3-6-13/h4,7,18H,1-3,5-6,9H2,(H,15,16). The monoisotopic (exact) mass is 276 g/mol. The molecule has 0 atom stereocenters. The van der Waals surface area contributed by atoms with Crippen LogP contribution in [0.3, 0.4) is 0 Å². The molecule has 0 amide bonds. The highest BCUT2D eigenvalue weighted by Gasteiger charge is 2.34. The number of aliphatic hydroxyl groups excluding tert-OH is 1. The molecule has 0 radical (unpaired) electrons. The number of hydrogen-bond donors (Lipinski definition) is 2. The predicted molar refractivity (Wildman–Crippen MR) is 72.1 cm³/mol. The molecular formula is C13H16N4O3. The Morgan fingerprint density at radius 1 is 1.50 bits per heavy atom. The van der Waals surface area contributed by atoms with Gasteiger partial charge in [-0.15, -0.1) is 0 Å². The highest BCUT2D eigenvalue weighted by Crippen LogP contribution is 2.34. The van der Waals surface area contributed by atoms with Crippen molar-refractivity contribution in [2.24, 2.45) is 0 Å². The highest BCUT2D eigenvalue weighted by atomic mass is 16.6. The van der Waals surface area contributed by atoms with E-state index in [4.69, 9.17) is 5.26 Å². The van der Waals surface area contributed by atoms with Crippen LogP contribution in [0.5, 0.6) is 0 Å². The van der Waals surface area contributed by atoms with Crippen molar-refractivity contribution in [3.05, 3.63) is 27.9 Å². The largest absolute Gasteiger partial charge is 0.394 e. The Balaban J connectivity index is 2.38. The molecule has 0 spiro atoms. The van der Waals surface area contributed by atoms with E-state index in [2.05, 4.69) is 10.3 Å². The molecule has 1 fully saturated rings. The zero-order valence-corrected chi connectivity index (χ0v) is 11.0. The SMILES string of the molecule is N#Cc1ccnc(NC2(CO)CCCCC2)c1[N+](=O)[O-]. The molecule has 0 unspecified atom stereocenters. The fourth-order valence-corrected chi connectivity index (χ4v) is 2.62. The van der Waals surface area contributed by atoms with E-state index in [0.717, 1.165) is 32.1 Å². The van der Waals surface area contributed by atoms with Gasteiger partial charge in [-0.25, -0.2) is 4.98 Å². The first-order chi connectivity index (χ1) is 9.62. The van der Waals surface area contributed by atoms with Gasteiger partial charge in [0.25, 0.3) is 0 Å². The first-order valence-electron chi connectivity index (χ1n) is 6.54. The molecule has 7 nitrogen and oxygen atoms in total. The van der Waals surface area contributed by atoms with Crippen LogP contribution in [0.25, 0.3) is 0 Å².